The average molecular weight is 369 g/mol. The summed E-state index contributed by atoms with van der Waals surface area (Å²) in [5, 5.41) is 6.26. The summed E-state index contributed by atoms with van der Waals surface area (Å²) in [6.07, 6.45) is -1.19. The molecule has 9 heteroatoms. The Hall–Kier alpha value is -2.42. The normalized spacial score (nSPS) is 13.2. The highest BCUT2D eigenvalue weighted by molar-refractivity contribution is 7.12. The Bertz CT molecular complexity index is 628. The van der Waals surface area contributed by atoms with E-state index in [0.717, 1.165) is 0 Å². The lowest BCUT2D eigenvalue weighted by molar-refractivity contribution is -0.161. The largest absolute Gasteiger partial charge is 0.450 e. The number of amides is 4. The van der Waals surface area contributed by atoms with Crippen molar-refractivity contribution in [3.8, 4) is 0 Å². The number of ether oxygens (including phenoxy) is 1. The van der Waals surface area contributed by atoms with Crippen LogP contribution in [-0.2, 0) is 14.3 Å². The van der Waals surface area contributed by atoms with Crippen molar-refractivity contribution in [3.63, 3.8) is 0 Å². The van der Waals surface area contributed by atoms with Crippen LogP contribution in [0.2, 0.25) is 0 Å². The van der Waals surface area contributed by atoms with E-state index in [2.05, 4.69) is 5.32 Å². The molecule has 0 fully saturated rings. The summed E-state index contributed by atoms with van der Waals surface area (Å²) < 4.78 is 5.25. The number of primary amides is 1. The first-order valence-electron chi connectivity index (χ1n) is 7.78. The van der Waals surface area contributed by atoms with E-state index in [-0.39, 0.29) is 11.8 Å². The van der Waals surface area contributed by atoms with Crippen LogP contribution in [0, 0.1) is 11.8 Å². The molecule has 0 bridgehead atoms. The van der Waals surface area contributed by atoms with Crippen molar-refractivity contribution in [2.75, 3.05) is 0 Å². The zero-order valence-corrected chi connectivity index (χ0v) is 15.4. The fraction of sp³-hybridized carbons (Fsp3) is 0.500. The minimum Gasteiger partial charge on any atom is -0.450 e. The third-order valence-corrected chi connectivity index (χ3v) is 4.17. The summed E-state index contributed by atoms with van der Waals surface area (Å²) in [5.41, 5.74) is 4.92. The van der Waals surface area contributed by atoms with Gasteiger partial charge in [-0.3, -0.25) is 14.9 Å². The van der Waals surface area contributed by atoms with E-state index in [1.165, 1.54) is 11.3 Å². The maximum absolute atomic E-state index is 12.5. The average Bonchev–Trinajstić information content (AvgIpc) is 3.02. The molecule has 4 N–H and O–H groups in total. The molecule has 0 saturated carbocycles. The van der Waals surface area contributed by atoms with Crippen LogP contribution in [0.25, 0.3) is 0 Å². The van der Waals surface area contributed by atoms with Crippen LogP contribution in [0.5, 0.6) is 0 Å². The molecule has 0 spiro atoms. The monoisotopic (exact) mass is 369 g/mol. The Morgan fingerprint density at radius 3 is 2.20 bits per heavy atom. The molecule has 0 aliphatic heterocycles. The van der Waals surface area contributed by atoms with E-state index in [1.54, 1.807) is 45.2 Å². The van der Waals surface area contributed by atoms with Crippen molar-refractivity contribution in [1.29, 1.82) is 0 Å². The van der Waals surface area contributed by atoms with Gasteiger partial charge in [0.2, 0.25) is 0 Å². The molecular formula is C16H23N3O5S. The Morgan fingerprint density at radius 1 is 1.12 bits per heavy atom. The van der Waals surface area contributed by atoms with Gasteiger partial charge in [-0.1, -0.05) is 33.8 Å². The number of hydrogen-bond acceptors (Lipinski definition) is 6. The van der Waals surface area contributed by atoms with Gasteiger partial charge >= 0.3 is 12.0 Å². The molecule has 1 rings (SSSR count). The van der Waals surface area contributed by atoms with Gasteiger partial charge in [-0.05, 0) is 23.3 Å². The maximum atomic E-state index is 12.5. The number of esters is 1. The second-order valence-corrected chi connectivity index (χ2v) is 7.08. The highest BCUT2D eigenvalue weighted by atomic mass is 32.1. The number of imide groups is 1. The van der Waals surface area contributed by atoms with Crippen LogP contribution in [-0.4, -0.2) is 36.0 Å². The van der Waals surface area contributed by atoms with E-state index in [1.807, 2.05) is 5.32 Å². The number of hydrogen-bond donors (Lipinski definition) is 3. The molecule has 0 unspecified atom stereocenters. The van der Waals surface area contributed by atoms with Crippen LogP contribution in [0.1, 0.15) is 37.4 Å². The van der Waals surface area contributed by atoms with E-state index in [9.17, 15) is 19.2 Å². The fourth-order valence-corrected chi connectivity index (χ4v) is 2.63. The van der Waals surface area contributed by atoms with Gasteiger partial charge in [-0.25, -0.2) is 9.59 Å². The predicted molar refractivity (Wildman–Crippen MR) is 92.9 cm³/mol. The third kappa shape index (κ3) is 6.18. The van der Waals surface area contributed by atoms with Crippen molar-refractivity contribution >= 4 is 35.2 Å². The van der Waals surface area contributed by atoms with E-state index in [4.69, 9.17) is 10.5 Å². The van der Waals surface area contributed by atoms with Gasteiger partial charge < -0.3 is 15.8 Å². The van der Waals surface area contributed by atoms with Gasteiger partial charge in [-0.2, -0.15) is 0 Å². The second-order valence-electron chi connectivity index (χ2n) is 6.13. The maximum Gasteiger partial charge on any atom is 0.329 e. The third-order valence-electron chi connectivity index (χ3n) is 3.31. The van der Waals surface area contributed by atoms with Gasteiger partial charge in [-0.15, -0.1) is 11.3 Å². The van der Waals surface area contributed by atoms with Crippen molar-refractivity contribution in [2.45, 2.75) is 39.8 Å². The number of nitrogens with one attached hydrogen (secondary N) is 2. The Morgan fingerprint density at radius 2 is 1.76 bits per heavy atom. The van der Waals surface area contributed by atoms with Crippen molar-refractivity contribution in [1.82, 2.24) is 10.6 Å². The molecule has 138 valence electrons. The summed E-state index contributed by atoms with van der Waals surface area (Å²) >= 11 is 1.25. The lowest BCUT2D eigenvalue weighted by atomic mass is 10.0. The molecule has 25 heavy (non-hydrogen) atoms. The van der Waals surface area contributed by atoms with Crippen molar-refractivity contribution < 1.29 is 23.9 Å². The Balaban J connectivity index is 2.84. The standard InChI is InChI=1S/C16H23N3O5S/c1-8(2)11(18-13(20)10-6-5-7-25-10)15(22)24-12(9(3)4)14(21)19-16(17)23/h5-9,11-12H,1-4H3,(H,18,20)(H3,17,19,21,23)/t11-,12-/m1/s1. The quantitative estimate of drug-likeness (QED) is 0.624. The molecule has 0 aromatic carbocycles. The zero-order chi connectivity index (χ0) is 19.1. The minimum absolute atomic E-state index is 0.261. The number of carbonyl (C=O) groups excluding carboxylic acids is 4. The molecule has 8 nitrogen and oxygen atoms in total. The first-order chi connectivity index (χ1) is 11.6. The number of rotatable bonds is 7. The van der Waals surface area contributed by atoms with Gasteiger partial charge in [0.05, 0.1) is 4.88 Å². The first-order valence-corrected chi connectivity index (χ1v) is 8.66. The zero-order valence-electron chi connectivity index (χ0n) is 14.6. The molecule has 4 amide bonds. The lowest BCUT2D eigenvalue weighted by Gasteiger charge is -2.25. The molecule has 0 aliphatic rings. The van der Waals surface area contributed by atoms with Crippen LogP contribution in [0.3, 0.4) is 0 Å². The van der Waals surface area contributed by atoms with E-state index >= 15 is 0 Å². The minimum atomic E-state index is -1.19. The van der Waals surface area contributed by atoms with Crippen molar-refractivity contribution in [3.05, 3.63) is 22.4 Å². The van der Waals surface area contributed by atoms with Crippen molar-refractivity contribution in [2.24, 2.45) is 17.6 Å². The van der Waals surface area contributed by atoms with Crippen LogP contribution in [0.15, 0.2) is 17.5 Å². The highest BCUT2D eigenvalue weighted by Crippen LogP contribution is 2.14. The van der Waals surface area contributed by atoms with Gasteiger partial charge in [0.1, 0.15) is 6.04 Å². The molecule has 1 heterocycles. The van der Waals surface area contributed by atoms with E-state index in [0.29, 0.717) is 4.88 Å². The lowest BCUT2D eigenvalue weighted by Crippen LogP contribution is -2.50. The first kappa shape index (κ1) is 20.6. The van der Waals surface area contributed by atoms with Gasteiger partial charge in [0.15, 0.2) is 6.10 Å². The molecule has 1 aromatic heterocycles. The number of urea groups is 1. The molecule has 0 radical (unpaired) electrons. The number of nitrogens with two attached hydrogens (primary N) is 1. The smallest absolute Gasteiger partial charge is 0.329 e. The number of thiophene rings is 1. The molecule has 0 aliphatic carbocycles. The highest BCUT2D eigenvalue weighted by Gasteiger charge is 2.33. The molecule has 1 aromatic rings. The summed E-state index contributed by atoms with van der Waals surface area (Å²) in [6.45, 7) is 6.81. The Kier molecular flexibility index (Phi) is 7.56. The van der Waals surface area contributed by atoms with E-state index < -0.39 is 36.0 Å². The number of carbonyl (C=O) groups is 4. The van der Waals surface area contributed by atoms with Crippen LogP contribution < -0.4 is 16.4 Å². The van der Waals surface area contributed by atoms with Gasteiger partial charge in [0, 0.05) is 0 Å². The SMILES string of the molecule is CC(C)[C@@H](NC(=O)c1cccs1)C(=O)O[C@@H](C(=O)NC(N)=O)C(C)C. The molecule has 2 atom stereocenters. The molecular weight excluding hydrogens is 346 g/mol. The topological polar surface area (TPSA) is 128 Å². The summed E-state index contributed by atoms with van der Waals surface area (Å²) in [7, 11) is 0. The predicted octanol–water partition coefficient (Wildman–Crippen LogP) is 1.27. The van der Waals surface area contributed by atoms with Crippen LogP contribution in [0.4, 0.5) is 4.79 Å². The summed E-state index contributed by atoms with van der Waals surface area (Å²) in [4.78, 5) is 47.9. The van der Waals surface area contributed by atoms with Crippen LogP contribution >= 0.6 is 11.3 Å². The summed E-state index contributed by atoms with van der Waals surface area (Å²) in [5.74, 6) is -2.60. The molecule has 0 saturated heterocycles. The Labute approximate surface area is 150 Å². The van der Waals surface area contributed by atoms with Gasteiger partial charge in [0.25, 0.3) is 11.8 Å². The fourth-order valence-electron chi connectivity index (χ4n) is 2.00. The second kappa shape index (κ2) is 9.16. The summed E-state index contributed by atoms with van der Waals surface area (Å²) in [6, 6.07) is 1.40.